The highest BCUT2D eigenvalue weighted by molar-refractivity contribution is 5.40. The molecule has 0 spiro atoms. The molecule has 1 saturated carbocycles. The van der Waals surface area contributed by atoms with Crippen LogP contribution in [-0.4, -0.2) is 41.7 Å². The molecular formula is C13H21N5O. The lowest BCUT2D eigenvalue weighted by Crippen LogP contribution is -2.43. The zero-order valence-corrected chi connectivity index (χ0v) is 11.6. The number of hydrogen-bond donors (Lipinski definition) is 1. The number of ether oxygens (including phenoxy) is 1. The molecule has 0 aromatic carbocycles. The Labute approximate surface area is 113 Å². The number of nitrogens with one attached hydrogen (secondary N) is 1. The van der Waals surface area contributed by atoms with E-state index in [-0.39, 0.29) is 0 Å². The Bertz CT molecular complexity index is 430. The van der Waals surface area contributed by atoms with E-state index in [2.05, 4.69) is 25.2 Å². The van der Waals surface area contributed by atoms with Gasteiger partial charge in [0.25, 0.3) is 0 Å². The van der Waals surface area contributed by atoms with Crippen molar-refractivity contribution in [3.05, 3.63) is 0 Å². The number of nitrogens with zero attached hydrogens (tertiary/aromatic N) is 4. The van der Waals surface area contributed by atoms with E-state index >= 15 is 0 Å². The first-order valence-corrected chi connectivity index (χ1v) is 7.06. The molecule has 1 aromatic heterocycles. The van der Waals surface area contributed by atoms with E-state index in [9.17, 15) is 0 Å². The predicted molar refractivity (Wildman–Crippen MR) is 73.6 cm³/mol. The first-order chi connectivity index (χ1) is 9.31. The van der Waals surface area contributed by atoms with Crippen molar-refractivity contribution < 1.29 is 4.74 Å². The summed E-state index contributed by atoms with van der Waals surface area (Å²) in [4.78, 5) is 15.4. The van der Waals surface area contributed by atoms with Gasteiger partial charge in [-0.15, -0.1) is 0 Å². The van der Waals surface area contributed by atoms with Gasteiger partial charge in [-0.2, -0.15) is 15.0 Å². The van der Waals surface area contributed by atoms with Crippen molar-refractivity contribution in [3.63, 3.8) is 0 Å². The largest absolute Gasteiger partial charge is 0.467 e. The van der Waals surface area contributed by atoms with E-state index in [1.54, 1.807) is 7.11 Å². The van der Waals surface area contributed by atoms with Crippen LogP contribution in [0.1, 0.15) is 32.1 Å². The molecule has 2 atom stereocenters. The maximum Gasteiger partial charge on any atom is 0.322 e. The van der Waals surface area contributed by atoms with Crippen LogP contribution in [0.25, 0.3) is 0 Å². The molecule has 2 heterocycles. The lowest BCUT2D eigenvalue weighted by atomic mass is 9.92. The first-order valence-electron chi connectivity index (χ1n) is 7.06. The third-order valence-electron chi connectivity index (χ3n) is 4.26. The van der Waals surface area contributed by atoms with Gasteiger partial charge in [0.2, 0.25) is 11.9 Å². The molecule has 2 unspecified atom stereocenters. The van der Waals surface area contributed by atoms with E-state index in [1.165, 1.54) is 32.1 Å². The van der Waals surface area contributed by atoms with Crippen molar-refractivity contribution in [2.75, 3.05) is 30.9 Å². The summed E-state index contributed by atoms with van der Waals surface area (Å²) in [5.41, 5.74) is 0. The van der Waals surface area contributed by atoms with E-state index < -0.39 is 0 Å². The van der Waals surface area contributed by atoms with Gasteiger partial charge in [0.05, 0.1) is 7.11 Å². The molecule has 0 bridgehead atoms. The number of rotatable bonds is 3. The molecule has 1 saturated heterocycles. The van der Waals surface area contributed by atoms with Crippen molar-refractivity contribution in [1.82, 2.24) is 15.0 Å². The zero-order chi connectivity index (χ0) is 13.2. The van der Waals surface area contributed by atoms with Crippen molar-refractivity contribution in [2.24, 2.45) is 5.92 Å². The molecule has 6 nitrogen and oxygen atoms in total. The van der Waals surface area contributed by atoms with Crippen LogP contribution in [-0.2, 0) is 0 Å². The molecule has 3 rings (SSSR count). The van der Waals surface area contributed by atoms with Crippen molar-refractivity contribution in [1.29, 1.82) is 0 Å². The Kier molecular flexibility index (Phi) is 3.40. The minimum Gasteiger partial charge on any atom is -0.467 e. The highest BCUT2D eigenvalue weighted by Gasteiger charge is 2.36. The Hall–Kier alpha value is -1.59. The summed E-state index contributed by atoms with van der Waals surface area (Å²) in [5.74, 6) is 2.14. The van der Waals surface area contributed by atoms with Crippen molar-refractivity contribution >= 4 is 11.9 Å². The number of aromatic nitrogens is 3. The SMILES string of the molecule is CNc1nc(OC)nc(N2CCCC3CCCC32)n1. The van der Waals surface area contributed by atoms with Gasteiger partial charge in [-0.25, -0.2) is 0 Å². The lowest BCUT2D eigenvalue weighted by Gasteiger charge is -2.37. The van der Waals surface area contributed by atoms with Crippen LogP contribution in [0.3, 0.4) is 0 Å². The number of methoxy groups -OCH3 is 1. The summed E-state index contributed by atoms with van der Waals surface area (Å²) >= 11 is 0. The molecule has 104 valence electrons. The lowest BCUT2D eigenvalue weighted by molar-refractivity contribution is 0.351. The quantitative estimate of drug-likeness (QED) is 0.895. The Morgan fingerprint density at radius 3 is 2.79 bits per heavy atom. The van der Waals surface area contributed by atoms with Gasteiger partial charge < -0.3 is 15.0 Å². The molecule has 2 fully saturated rings. The van der Waals surface area contributed by atoms with Crippen LogP contribution in [0.15, 0.2) is 0 Å². The summed E-state index contributed by atoms with van der Waals surface area (Å²) in [6, 6.07) is 0.986. The fourth-order valence-electron chi connectivity index (χ4n) is 3.38. The Morgan fingerprint density at radius 2 is 2.00 bits per heavy atom. The van der Waals surface area contributed by atoms with Gasteiger partial charge in [0.15, 0.2) is 0 Å². The normalized spacial score (nSPS) is 26.1. The molecule has 1 aliphatic heterocycles. The standard InChI is InChI=1S/C13H21N5O/c1-14-11-15-12(17-13(16-11)19-2)18-8-4-6-9-5-3-7-10(9)18/h9-10H,3-8H2,1-2H3,(H,14,15,16,17). The van der Waals surface area contributed by atoms with E-state index in [0.717, 1.165) is 18.4 Å². The Balaban J connectivity index is 1.91. The number of piperidine rings is 1. The zero-order valence-electron chi connectivity index (χ0n) is 11.6. The second kappa shape index (κ2) is 5.19. The van der Waals surface area contributed by atoms with Crippen LogP contribution in [0, 0.1) is 5.92 Å². The summed E-state index contributed by atoms with van der Waals surface area (Å²) in [7, 11) is 3.40. The molecule has 1 N–H and O–H groups in total. The second-order valence-electron chi connectivity index (χ2n) is 5.29. The van der Waals surface area contributed by atoms with Gasteiger partial charge in [-0.3, -0.25) is 0 Å². The summed E-state index contributed by atoms with van der Waals surface area (Å²) in [6.07, 6.45) is 6.51. The Morgan fingerprint density at radius 1 is 1.16 bits per heavy atom. The average molecular weight is 263 g/mol. The third kappa shape index (κ3) is 2.31. The van der Waals surface area contributed by atoms with Crippen molar-refractivity contribution in [3.8, 4) is 6.01 Å². The fourth-order valence-corrected chi connectivity index (χ4v) is 3.38. The molecule has 0 amide bonds. The first kappa shape index (κ1) is 12.4. The van der Waals surface area contributed by atoms with E-state index in [4.69, 9.17) is 4.74 Å². The van der Waals surface area contributed by atoms with Crippen LogP contribution < -0.4 is 15.0 Å². The van der Waals surface area contributed by atoms with Crippen LogP contribution in [0.2, 0.25) is 0 Å². The summed E-state index contributed by atoms with van der Waals surface area (Å²) < 4.78 is 5.17. The molecule has 1 aromatic rings. The average Bonchev–Trinajstić information content (AvgIpc) is 2.94. The molecule has 6 heteroatoms. The third-order valence-corrected chi connectivity index (χ3v) is 4.26. The van der Waals surface area contributed by atoms with Crippen LogP contribution in [0.4, 0.5) is 11.9 Å². The smallest absolute Gasteiger partial charge is 0.322 e. The molecule has 0 radical (unpaired) electrons. The summed E-state index contributed by atoms with van der Waals surface area (Å²) in [5, 5.41) is 2.97. The highest BCUT2D eigenvalue weighted by Crippen LogP contribution is 2.38. The van der Waals surface area contributed by atoms with Gasteiger partial charge >= 0.3 is 6.01 Å². The molecule has 19 heavy (non-hydrogen) atoms. The fraction of sp³-hybridized carbons (Fsp3) is 0.769. The van der Waals surface area contributed by atoms with Crippen LogP contribution in [0.5, 0.6) is 6.01 Å². The topological polar surface area (TPSA) is 63.2 Å². The van der Waals surface area contributed by atoms with E-state index in [0.29, 0.717) is 18.0 Å². The van der Waals surface area contributed by atoms with E-state index in [1.807, 2.05) is 7.05 Å². The van der Waals surface area contributed by atoms with Crippen LogP contribution >= 0.6 is 0 Å². The maximum absolute atomic E-state index is 5.17. The minimum absolute atomic E-state index is 0.384. The highest BCUT2D eigenvalue weighted by atomic mass is 16.5. The molecular weight excluding hydrogens is 242 g/mol. The number of fused-ring (bicyclic) bond motifs is 1. The summed E-state index contributed by atoms with van der Waals surface area (Å²) in [6.45, 7) is 1.04. The minimum atomic E-state index is 0.384. The van der Waals surface area contributed by atoms with Crippen molar-refractivity contribution in [2.45, 2.75) is 38.1 Å². The second-order valence-corrected chi connectivity index (χ2v) is 5.29. The van der Waals surface area contributed by atoms with Gasteiger partial charge in [-0.05, 0) is 31.6 Å². The predicted octanol–water partition coefficient (Wildman–Crippen LogP) is 1.69. The number of anilines is 2. The van der Waals surface area contributed by atoms with Gasteiger partial charge in [-0.1, -0.05) is 6.42 Å². The molecule has 1 aliphatic carbocycles. The number of hydrogen-bond acceptors (Lipinski definition) is 6. The molecule has 2 aliphatic rings. The maximum atomic E-state index is 5.17. The van der Waals surface area contributed by atoms with Gasteiger partial charge in [0, 0.05) is 19.6 Å². The monoisotopic (exact) mass is 263 g/mol. The van der Waals surface area contributed by atoms with Gasteiger partial charge in [0.1, 0.15) is 0 Å².